The van der Waals surface area contributed by atoms with Gasteiger partial charge in [-0.1, -0.05) is 30.3 Å². The second kappa shape index (κ2) is 9.83. The summed E-state index contributed by atoms with van der Waals surface area (Å²) < 4.78 is 37.0. The highest BCUT2D eigenvalue weighted by molar-refractivity contribution is 7.84. The van der Waals surface area contributed by atoms with Crippen LogP contribution in [0.4, 0.5) is 0 Å². The van der Waals surface area contributed by atoms with Crippen molar-refractivity contribution in [2.75, 3.05) is 19.7 Å². The number of phenols is 1. The molecule has 2 atom stereocenters. The maximum atomic E-state index is 12.7. The molecule has 2 saturated heterocycles. The quantitative estimate of drug-likeness (QED) is 0.701. The number of benzene rings is 2. The van der Waals surface area contributed by atoms with Crippen LogP contribution < -0.4 is 0 Å². The Bertz CT molecular complexity index is 1110. The first kappa shape index (κ1) is 23.7. The van der Waals surface area contributed by atoms with Gasteiger partial charge in [-0.3, -0.25) is 4.79 Å². The lowest BCUT2D eigenvalue weighted by atomic mass is 9.87. The Morgan fingerprint density at radius 2 is 1.88 bits per heavy atom. The molecule has 0 aromatic heterocycles. The van der Waals surface area contributed by atoms with Gasteiger partial charge in [0.15, 0.2) is 0 Å². The Hall–Kier alpha value is -2.42. The zero-order chi connectivity index (χ0) is 23.6. The number of rotatable bonds is 5. The van der Waals surface area contributed by atoms with Crippen molar-refractivity contribution < 1.29 is 27.2 Å². The minimum absolute atomic E-state index is 0.0721. The first-order valence-electron chi connectivity index (χ1n) is 11.5. The molecule has 0 bridgehead atoms. The molecule has 178 valence electrons. The average Bonchev–Trinajstić information content (AvgIpc) is 2.79. The molecule has 2 unspecified atom stereocenters. The van der Waals surface area contributed by atoms with E-state index in [0.717, 1.165) is 16.7 Å². The van der Waals surface area contributed by atoms with E-state index in [2.05, 4.69) is 18.2 Å². The number of hydrogen-bond donors (Lipinski definition) is 1. The second-order valence-corrected chi connectivity index (χ2v) is 10.6. The summed E-state index contributed by atoms with van der Waals surface area (Å²) in [5.41, 5.74) is 4.29. The zero-order valence-electron chi connectivity index (χ0n) is 19.1. The smallest absolute Gasteiger partial charge is 0.387 e. The van der Waals surface area contributed by atoms with Crippen molar-refractivity contribution >= 4 is 16.3 Å². The Morgan fingerprint density at radius 3 is 2.55 bits per heavy atom. The van der Waals surface area contributed by atoms with Crippen LogP contribution in [0, 0.1) is 12.8 Å². The fourth-order valence-corrected chi connectivity index (χ4v) is 5.89. The van der Waals surface area contributed by atoms with Crippen molar-refractivity contribution in [2.45, 2.75) is 51.6 Å². The van der Waals surface area contributed by atoms with Crippen molar-refractivity contribution in [1.82, 2.24) is 4.31 Å². The van der Waals surface area contributed by atoms with Crippen molar-refractivity contribution in [3.63, 3.8) is 0 Å². The van der Waals surface area contributed by atoms with E-state index in [1.807, 2.05) is 26.0 Å². The van der Waals surface area contributed by atoms with E-state index < -0.39 is 22.2 Å². The van der Waals surface area contributed by atoms with Gasteiger partial charge in [-0.05, 0) is 79.8 Å². The van der Waals surface area contributed by atoms with Crippen LogP contribution in [0.2, 0.25) is 0 Å². The molecule has 0 aliphatic carbocycles. The van der Waals surface area contributed by atoms with Gasteiger partial charge in [-0.2, -0.15) is 12.7 Å². The van der Waals surface area contributed by atoms with Gasteiger partial charge in [0.1, 0.15) is 5.75 Å². The summed E-state index contributed by atoms with van der Waals surface area (Å²) in [6, 6.07) is 13.5. The summed E-state index contributed by atoms with van der Waals surface area (Å²) in [6.45, 7) is 4.99. The van der Waals surface area contributed by atoms with E-state index >= 15 is 0 Å². The summed E-state index contributed by atoms with van der Waals surface area (Å²) in [6.07, 6.45) is 2.22. The predicted octanol–water partition coefficient (Wildman–Crippen LogP) is 4.15. The van der Waals surface area contributed by atoms with Crippen molar-refractivity contribution in [3.8, 4) is 16.9 Å². The Labute approximate surface area is 195 Å². The maximum Gasteiger partial charge on any atom is 0.387 e. The minimum atomic E-state index is -4.09. The Morgan fingerprint density at radius 1 is 1.12 bits per heavy atom. The molecule has 2 fully saturated rings. The molecule has 0 radical (unpaired) electrons. The molecule has 2 heterocycles. The number of phenolic OH excluding ortho intramolecular Hbond substituents is 1. The average molecular weight is 474 g/mol. The largest absolute Gasteiger partial charge is 0.508 e. The highest BCUT2D eigenvalue weighted by Gasteiger charge is 2.35. The van der Waals surface area contributed by atoms with E-state index in [0.29, 0.717) is 45.4 Å². The summed E-state index contributed by atoms with van der Waals surface area (Å²) in [5, 5.41) is 9.76. The first-order valence-corrected chi connectivity index (χ1v) is 12.8. The number of piperidine rings is 1. The summed E-state index contributed by atoms with van der Waals surface area (Å²) in [5.74, 6) is -0.642. The van der Waals surface area contributed by atoms with Gasteiger partial charge in [0.25, 0.3) is 0 Å². The van der Waals surface area contributed by atoms with Gasteiger partial charge in [0.2, 0.25) is 0 Å². The lowest BCUT2D eigenvalue weighted by molar-refractivity contribution is -0.143. The monoisotopic (exact) mass is 473 g/mol. The fraction of sp³-hybridized carbons (Fsp3) is 0.480. The number of aryl methyl sites for hydroxylation is 1. The van der Waals surface area contributed by atoms with Crippen LogP contribution in [-0.4, -0.2) is 49.6 Å². The number of nitrogens with zero attached hydrogens (tertiary/aromatic N) is 1. The fourth-order valence-electron chi connectivity index (χ4n) is 4.79. The van der Waals surface area contributed by atoms with Crippen LogP contribution in [0.15, 0.2) is 42.5 Å². The molecule has 0 spiro atoms. The molecule has 7 nitrogen and oxygen atoms in total. The van der Waals surface area contributed by atoms with Gasteiger partial charge < -0.3 is 14.0 Å². The van der Waals surface area contributed by atoms with Gasteiger partial charge in [-0.15, -0.1) is 0 Å². The molecular weight excluding hydrogens is 442 g/mol. The van der Waals surface area contributed by atoms with E-state index in [-0.39, 0.29) is 17.8 Å². The van der Waals surface area contributed by atoms with Crippen LogP contribution in [0.25, 0.3) is 11.1 Å². The van der Waals surface area contributed by atoms with Gasteiger partial charge in [0.05, 0.1) is 12.0 Å². The molecule has 0 saturated carbocycles. The number of hydrogen-bond acceptors (Lipinski definition) is 6. The van der Waals surface area contributed by atoms with Crippen molar-refractivity contribution in [3.05, 3.63) is 53.6 Å². The summed E-state index contributed by atoms with van der Waals surface area (Å²) >= 11 is 0. The normalized spacial score (nSPS) is 22.7. The highest BCUT2D eigenvalue weighted by atomic mass is 32.2. The lowest BCUT2D eigenvalue weighted by Crippen LogP contribution is -2.41. The summed E-state index contributed by atoms with van der Waals surface area (Å²) in [7, 11) is -4.09. The predicted molar refractivity (Wildman–Crippen MR) is 125 cm³/mol. The zero-order valence-corrected chi connectivity index (χ0v) is 19.9. The van der Waals surface area contributed by atoms with Crippen LogP contribution in [0.1, 0.15) is 49.7 Å². The molecule has 1 N–H and O–H groups in total. The molecule has 33 heavy (non-hydrogen) atoms. The van der Waals surface area contributed by atoms with Crippen LogP contribution >= 0.6 is 0 Å². The maximum absolute atomic E-state index is 12.7. The highest BCUT2D eigenvalue weighted by Crippen LogP contribution is 2.34. The number of aromatic hydroxyl groups is 1. The van der Waals surface area contributed by atoms with E-state index in [9.17, 15) is 18.3 Å². The van der Waals surface area contributed by atoms with Crippen molar-refractivity contribution in [1.29, 1.82) is 0 Å². The SMILES string of the molecule is Cc1cc(C2CCN(S(=O)(=O)OC(=O)C3CCOC(C)C3)CC2)ccc1-c1cccc(O)c1. The van der Waals surface area contributed by atoms with Gasteiger partial charge in [0, 0.05) is 19.7 Å². The molecule has 2 aliphatic heterocycles. The molecular formula is C25H31NO6S. The Balaban J connectivity index is 1.37. The standard InChI is InChI=1S/C25H31NO6S/c1-17-14-20(6-7-24(17)21-4-3-5-23(27)16-21)19-8-11-26(12-9-19)33(29,30)32-25(28)22-10-13-31-18(2)15-22/h3-7,14,16,18-19,22,27H,8-13,15H2,1-2H3. The lowest BCUT2D eigenvalue weighted by Gasteiger charge is -2.31. The third-order valence-corrected chi connectivity index (χ3v) is 8.03. The number of carbonyl (C=O) groups excluding carboxylic acids is 1. The molecule has 8 heteroatoms. The minimum Gasteiger partial charge on any atom is -0.508 e. The molecule has 2 aliphatic rings. The van der Waals surface area contributed by atoms with Gasteiger partial charge >= 0.3 is 16.3 Å². The van der Waals surface area contributed by atoms with Crippen molar-refractivity contribution in [2.24, 2.45) is 5.92 Å². The number of carbonyl (C=O) groups is 1. The van der Waals surface area contributed by atoms with E-state index in [1.165, 1.54) is 9.87 Å². The van der Waals surface area contributed by atoms with E-state index in [1.54, 1.807) is 12.1 Å². The Kier molecular flexibility index (Phi) is 7.07. The third-order valence-electron chi connectivity index (χ3n) is 6.66. The molecule has 4 rings (SSSR count). The first-order chi connectivity index (χ1) is 15.7. The molecule has 2 aromatic carbocycles. The topological polar surface area (TPSA) is 93.1 Å². The second-order valence-electron chi connectivity index (χ2n) is 9.06. The van der Waals surface area contributed by atoms with Crippen LogP contribution in [0.3, 0.4) is 0 Å². The third kappa shape index (κ3) is 5.57. The molecule has 2 aromatic rings. The van der Waals surface area contributed by atoms with Crippen LogP contribution in [0.5, 0.6) is 5.75 Å². The van der Waals surface area contributed by atoms with E-state index in [4.69, 9.17) is 8.92 Å². The molecule has 0 amide bonds. The number of ether oxygens (including phenoxy) is 1. The van der Waals surface area contributed by atoms with Crippen LogP contribution in [-0.2, 0) is 24.0 Å². The summed E-state index contributed by atoms with van der Waals surface area (Å²) in [4.78, 5) is 12.4. The van der Waals surface area contributed by atoms with Gasteiger partial charge in [-0.25, -0.2) is 0 Å².